The maximum Gasteiger partial charge on any atom is 0.407 e. The Kier molecular flexibility index (Phi) is 11.7. The van der Waals surface area contributed by atoms with Gasteiger partial charge in [-0.2, -0.15) is 0 Å². The minimum atomic E-state index is -0.709. The SMILES string of the molecule is CCCCCCCCCCCC[C@H](NC(=O)OCC1c2ccccc2-c2ccccc21)C(=O)OC(C)(C)C. The molecule has 0 saturated carbocycles. The first kappa shape index (κ1) is 29.7. The van der Waals surface area contributed by atoms with Crippen LogP contribution in [0.2, 0.25) is 0 Å². The molecule has 0 saturated heterocycles. The fourth-order valence-corrected chi connectivity index (χ4v) is 5.24. The summed E-state index contributed by atoms with van der Waals surface area (Å²) in [5, 5.41) is 2.81. The number of hydrogen-bond donors (Lipinski definition) is 1. The van der Waals surface area contributed by atoms with E-state index in [0.29, 0.717) is 6.42 Å². The number of ether oxygens (including phenoxy) is 2. The van der Waals surface area contributed by atoms with E-state index in [2.05, 4.69) is 36.5 Å². The van der Waals surface area contributed by atoms with Gasteiger partial charge in [0.15, 0.2) is 0 Å². The topological polar surface area (TPSA) is 64.6 Å². The molecule has 5 heteroatoms. The number of alkyl carbamates (subject to hydrolysis) is 1. The molecular weight excluding hydrogens is 474 g/mol. The van der Waals surface area contributed by atoms with Gasteiger partial charge in [0.25, 0.3) is 0 Å². The summed E-state index contributed by atoms with van der Waals surface area (Å²) in [5.74, 6) is -0.419. The van der Waals surface area contributed by atoms with Crippen molar-refractivity contribution in [1.82, 2.24) is 5.32 Å². The van der Waals surface area contributed by atoms with Crippen LogP contribution in [0.4, 0.5) is 4.79 Å². The molecule has 0 spiro atoms. The zero-order chi connectivity index (χ0) is 27.4. The highest BCUT2D eigenvalue weighted by atomic mass is 16.6. The highest BCUT2D eigenvalue weighted by Crippen LogP contribution is 2.44. The van der Waals surface area contributed by atoms with Crippen molar-refractivity contribution < 1.29 is 19.1 Å². The van der Waals surface area contributed by atoms with Crippen LogP contribution in [0.15, 0.2) is 48.5 Å². The standard InChI is InChI=1S/C33H47NO4/c1-5-6-7-8-9-10-11-12-13-14-23-30(31(35)38-33(2,3)4)34-32(36)37-24-29-27-21-17-15-19-25(27)26-20-16-18-22-28(26)29/h15-22,29-30H,5-14,23-24H2,1-4H3,(H,34,36)/t30-/m0/s1. The third-order valence-electron chi connectivity index (χ3n) is 7.17. The molecule has 208 valence electrons. The number of nitrogens with one attached hydrogen (secondary N) is 1. The van der Waals surface area contributed by atoms with Crippen molar-refractivity contribution in [2.75, 3.05) is 6.61 Å². The van der Waals surface area contributed by atoms with Crippen molar-refractivity contribution in [1.29, 1.82) is 0 Å². The summed E-state index contributed by atoms with van der Waals surface area (Å²) < 4.78 is 11.3. The average molecular weight is 522 g/mol. The van der Waals surface area contributed by atoms with Gasteiger partial charge in [-0.05, 0) is 49.4 Å². The Bertz CT molecular complexity index is 980. The molecule has 0 aromatic heterocycles. The monoisotopic (exact) mass is 521 g/mol. The number of rotatable bonds is 15. The number of amides is 1. The van der Waals surface area contributed by atoms with Crippen LogP contribution in [0.1, 0.15) is 115 Å². The molecule has 0 heterocycles. The maximum absolute atomic E-state index is 12.9. The van der Waals surface area contributed by atoms with E-state index in [-0.39, 0.29) is 12.5 Å². The van der Waals surface area contributed by atoms with Crippen LogP contribution in [-0.4, -0.2) is 30.3 Å². The molecule has 2 aromatic rings. The normalized spacial score (nSPS) is 13.5. The van der Waals surface area contributed by atoms with E-state index in [1.165, 1.54) is 56.1 Å². The number of fused-ring (bicyclic) bond motifs is 3. The van der Waals surface area contributed by atoms with E-state index < -0.39 is 23.7 Å². The van der Waals surface area contributed by atoms with Crippen LogP contribution in [0.25, 0.3) is 11.1 Å². The summed E-state index contributed by atoms with van der Waals surface area (Å²) in [4.78, 5) is 25.7. The zero-order valence-electron chi connectivity index (χ0n) is 23.9. The minimum Gasteiger partial charge on any atom is -0.458 e. The van der Waals surface area contributed by atoms with E-state index in [1.807, 2.05) is 45.0 Å². The average Bonchev–Trinajstić information content (AvgIpc) is 3.20. The van der Waals surface area contributed by atoms with Gasteiger partial charge in [-0.25, -0.2) is 9.59 Å². The smallest absolute Gasteiger partial charge is 0.407 e. The first-order valence-electron chi connectivity index (χ1n) is 14.6. The van der Waals surface area contributed by atoms with Gasteiger partial charge in [-0.1, -0.05) is 120 Å². The molecule has 0 unspecified atom stereocenters. The first-order valence-corrected chi connectivity index (χ1v) is 14.6. The summed E-state index contributed by atoms with van der Waals surface area (Å²) >= 11 is 0. The van der Waals surface area contributed by atoms with Gasteiger partial charge in [-0.15, -0.1) is 0 Å². The highest BCUT2D eigenvalue weighted by Gasteiger charge is 2.30. The second-order valence-corrected chi connectivity index (χ2v) is 11.5. The fourth-order valence-electron chi connectivity index (χ4n) is 5.24. The van der Waals surface area contributed by atoms with Crippen LogP contribution in [0, 0.1) is 0 Å². The van der Waals surface area contributed by atoms with Gasteiger partial charge >= 0.3 is 12.1 Å². The molecule has 0 fully saturated rings. The zero-order valence-corrected chi connectivity index (χ0v) is 23.9. The number of esters is 1. The third kappa shape index (κ3) is 9.18. The fraction of sp³-hybridized carbons (Fsp3) is 0.576. The number of carbonyl (C=O) groups is 2. The van der Waals surface area contributed by atoms with Gasteiger partial charge in [0, 0.05) is 5.92 Å². The first-order chi connectivity index (χ1) is 18.3. The van der Waals surface area contributed by atoms with E-state index in [0.717, 1.165) is 30.4 Å². The van der Waals surface area contributed by atoms with Gasteiger partial charge in [0.05, 0.1) is 0 Å². The summed E-state index contributed by atoms with van der Waals surface area (Å²) in [5.41, 5.74) is 4.08. The molecule has 38 heavy (non-hydrogen) atoms. The van der Waals surface area contributed by atoms with E-state index >= 15 is 0 Å². The molecule has 5 nitrogen and oxygen atoms in total. The third-order valence-corrected chi connectivity index (χ3v) is 7.17. The molecule has 3 rings (SSSR count). The molecule has 0 bridgehead atoms. The molecular formula is C33H47NO4. The van der Waals surface area contributed by atoms with E-state index in [4.69, 9.17) is 9.47 Å². The largest absolute Gasteiger partial charge is 0.458 e. The van der Waals surface area contributed by atoms with Gasteiger partial charge < -0.3 is 14.8 Å². The second-order valence-electron chi connectivity index (χ2n) is 11.5. The number of benzene rings is 2. The number of unbranched alkanes of at least 4 members (excludes halogenated alkanes) is 9. The highest BCUT2D eigenvalue weighted by molar-refractivity contribution is 5.82. The molecule has 0 radical (unpaired) electrons. The van der Waals surface area contributed by atoms with Crippen molar-refractivity contribution in [2.24, 2.45) is 0 Å². The molecule has 1 amide bonds. The summed E-state index contributed by atoms with van der Waals surface area (Å²) in [7, 11) is 0. The molecule has 1 atom stereocenters. The lowest BCUT2D eigenvalue weighted by molar-refractivity contribution is -0.157. The van der Waals surface area contributed by atoms with Gasteiger partial charge in [0.2, 0.25) is 0 Å². The maximum atomic E-state index is 12.9. The van der Waals surface area contributed by atoms with Crippen LogP contribution >= 0.6 is 0 Å². The molecule has 2 aromatic carbocycles. The lowest BCUT2D eigenvalue weighted by Gasteiger charge is -2.24. The van der Waals surface area contributed by atoms with E-state index in [1.54, 1.807) is 0 Å². The Morgan fingerprint density at radius 1 is 0.789 bits per heavy atom. The Morgan fingerprint density at radius 2 is 1.29 bits per heavy atom. The van der Waals surface area contributed by atoms with Crippen molar-refractivity contribution in [2.45, 2.75) is 116 Å². The van der Waals surface area contributed by atoms with Crippen molar-refractivity contribution in [3.63, 3.8) is 0 Å². The summed E-state index contributed by atoms with van der Waals surface area (Å²) in [6.07, 6.45) is 12.1. The van der Waals surface area contributed by atoms with Gasteiger partial charge in [-0.3, -0.25) is 0 Å². The van der Waals surface area contributed by atoms with Crippen LogP contribution in [-0.2, 0) is 14.3 Å². The summed E-state index contributed by atoms with van der Waals surface area (Å²) in [6, 6.07) is 15.8. The Labute approximate surface area is 229 Å². The molecule has 1 N–H and O–H groups in total. The summed E-state index contributed by atoms with van der Waals surface area (Å²) in [6.45, 7) is 7.99. The Hall–Kier alpha value is -2.82. The van der Waals surface area contributed by atoms with E-state index in [9.17, 15) is 9.59 Å². The lowest BCUT2D eigenvalue weighted by atomic mass is 9.98. The Morgan fingerprint density at radius 3 is 1.82 bits per heavy atom. The number of hydrogen-bond acceptors (Lipinski definition) is 4. The minimum absolute atomic E-state index is 0.0184. The van der Waals surface area contributed by atoms with Gasteiger partial charge in [0.1, 0.15) is 18.2 Å². The predicted molar refractivity (Wildman–Crippen MR) is 154 cm³/mol. The predicted octanol–water partition coefficient (Wildman–Crippen LogP) is 8.55. The Balaban J connectivity index is 1.49. The quantitative estimate of drug-likeness (QED) is 0.188. The van der Waals surface area contributed by atoms with Crippen LogP contribution in [0.5, 0.6) is 0 Å². The molecule has 1 aliphatic rings. The van der Waals surface area contributed by atoms with Crippen LogP contribution in [0.3, 0.4) is 0 Å². The van der Waals surface area contributed by atoms with Crippen LogP contribution < -0.4 is 5.32 Å². The molecule has 0 aliphatic heterocycles. The van der Waals surface area contributed by atoms with Crippen molar-refractivity contribution in [3.05, 3.63) is 59.7 Å². The van der Waals surface area contributed by atoms with Crippen molar-refractivity contribution >= 4 is 12.1 Å². The lowest BCUT2D eigenvalue weighted by Crippen LogP contribution is -2.44. The molecule has 1 aliphatic carbocycles. The second kappa shape index (κ2) is 14.9. The number of carbonyl (C=O) groups excluding carboxylic acids is 2. The van der Waals surface area contributed by atoms with Crippen molar-refractivity contribution in [3.8, 4) is 11.1 Å².